The Balaban J connectivity index is 1.75. The Labute approximate surface area is 116 Å². The predicted molar refractivity (Wildman–Crippen MR) is 82.3 cm³/mol. The molecule has 0 unspecified atom stereocenters. The van der Waals surface area contributed by atoms with E-state index in [9.17, 15) is 0 Å². The summed E-state index contributed by atoms with van der Waals surface area (Å²) in [5.74, 6) is 0. The molecule has 0 spiro atoms. The maximum absolute atomic E-state index is 2.53. The van der Waals surface area contributed by atoms with Gasteiger partial charge in [0.15, 0.2) is 0 Å². The molecule has 0 aliphatic carbocycles. The number of piperazine rings is 1. The van der Waals surface area contributed by atoms with E-state index in [0.717, 1.165) is 13.1 Å². The number of benzene rings is 1. The Bertz CT molecular complexity index is 430. The molecule has 3 nitrogen and oxygen atoms in total. The minimum absolute atomic E-state index is 1.15. The Morgan fingerprint density at radius 1 is 0.842 bits per heavy atom. The molecule has 0 atom stereocenters. The van der Waals surface area contributed by atoms with E-state index in [1.807, 2.05) is 0 Å². The Morgan fingerprint density at radius 3 is 2.16 bits per heavy atom. The number of hydrogen-bond donors (Lipinski definition) is 0. The molecule has 0 radical (unpaired) electrons. The summed E-state index contributed by atoms with van der Waals surface area (Å²) >= 11 is 0. The van der Waals surface area contributed by atoms with Crippen molar-refractivity contribution in [1.29, 1.82) is 0 Å². The zero-order chi connectivity index (χ0) is 13.2. The first-order valence-electron chi connectivity index (χ1n) is 7.53. The first kappa shape index (κ1) is 12.8. The first-order chi connectivity index (χ1) is 9.24. The molecule has 2 aliphatic heterocycles. The van der Waals surface area contributed by atoms with Crippen molar-refractivity contribution in [2.75, 3.05) is 56.1 Å². The molecule has 0 N–H and O–H groups in total. The number of rotatable bonds is 2. The van der Waals surface area contributed by atoms with Crippen molar-refractivity contribution in [2.24, 2.45) is 0 Å². The summed E-state index contributed by atoms with van der Waals surface area (Å²) in [6.07, 6.45) is 2.69. The van der Waals surface area contributed by atoms with Gasteiger partial charge in [0.1, 0.15) is 0 Å². The highest BCUT2D eigenvalue weighted by atomic mass is 15.2. The van der Waals surface area contributed by atoms with Crippen LogP contribution in [0.3, 0.4) is 0 Å². The van der Waals surface area contributed by atoms with Crippen LogP contribution in [-0.2, 0) is 0 Å². The highest BCUT2D eigenvalue weighted by Gasteiger charge is 2.17. The van der Waals surface area contributed by atoms with Gasteiger partial charge in [0.25, 0.3) is 0 Å². The molecule has 0 amide bonds. The molecular weight excluding hydrogens is 234 g/mol. The van der Waals surface area contributed by atoms with Crippen molar-refractivity contribution in [3.05, 3.63) is 23.8 Å². The summed E-state index contributed by atoms with van der Waals surface area (Å²) in [4.78, 5) is 7.45. The third-order valence-corrected chi connectivity index (χ3v) is 4.50. The van der Waals surface area contributed by atoms with E-state index >= 15 is 0 Å². The van der Waals surface area contributed by atoms with Crippen LogP contribution in [-0.4, -0.2) is 51.2 Å². The summed E-state index contributed by atoms with van der Waals surface area (Å²) in [6, 6.07) is 7.01. The molecule has 3 heteroatoms. The molecule has 0 aromatic heterocycles. The van der Waals surface area contributed by atoms with Crippen LogP contribution >= 0.6 is 0 Å². The van der Waals surface area contributed by atoms with Crippen LogP contribution in [0.5, 0.6) is 0 Å². The zero-order valence-corrected chi connectivity index (χ0v) is 12.2. The van der Waals surface area contributed by atoms with Crippen molar-refractivity contribution >= 4 is 11.4 Å². The third-order valence-electron chi connectivity index (χ3n) is 4.50. The van der Waals surface area contributed by atoms with Crippen molar-refractivity contribution in [2.45, 2.75) is 19.8 Å². The molecule has 2 fully saturated rings. The molecule has 19 heavy (non-hydrogen) atoms. The lowest BCUT2D eigenvalue weighted by Crippen LogP contribution is -2.44. The van der Waals surface area contributed by atoms with Gasteiger partial charge >= 0.3 is 0 Å². The fourth-order valence-electron chi connectivity index (χ4n) is 3.21. The molecule has 2 saturated heterocycles. The van der Waals surface area contributed by atoms with E-state index in [4.69, 9.17) is 0 Å². The maximum Gasteiger partial charge on any atom is 0.0397 e. The second-order valence-corrected chi connectivity index (χ2v) is 5.96. The van der Waals surface area contributed by atoms with Crippen LogP contribution in [0.15, 0.2) is 18.2 Å². The Hall–Kier alpha value is -1.22. The van der Waals surface area contributed by atoms with Crippen LogP contribution in [0, 0.1) is 6.92 Å². The van der Waals surface area contributed by atoms with Crippen molar-refractivity contribution in [1.82, 2.24) is 4.90 Å². The van der Waals surface area contributed by atoms with Gasteiger partial charge in [0.2, 0.25) is 0 Å². The van der Waals surface area contributed by atoms with Crippen LogP contribution in [0.2, 0.25) is 0 Å². The molecule has 2 aliphatic rings. The number of likely N-dealkylation sites (N-methyl/N-ethyl adjacent to an activating group) is 1. The minimum atomic E-state index is 1.15. The van der Waals surface area contributed by atoms with Crippen LogP contribution in [0.4, 0.5) is 11.4 Å². The topological polar surface area (TPSA) is 9.72 Å². The van der Waals surface area contributed by atoms with Crippen LogP contribution in [0.25, 0.3) is 0 Å². The van der Waals surface area contributed by atoms with E-state index in [1.54, 1.807) is 0 Å². The smallest absolute Gasteiger partial charge is 0.0397 e. The lowest BCUT2D eigenvalue weighted by molar-refractivity contribution is 0.313. The summed E-state index contributed by atoms with van der Waals surface area (Å²) < 4.78 is 0. The molecule has 1 aromatic carbocycles. The molecular formula is C16H25N3. The summed E-state index contributed by atoms with van der Waals surface area (Å²) in [7, 11) is 2.21. The van der Waals surface area contributed by atoms with Gasteiger partial charge < -0.3 is 14.7 Å². The van der Waals surface area contributed by atoms with Crippen molar-refractivity contribution in [3.8, 4) is 0 Å². The second-order valence-electron chi connectivity index (χ2n) is 5.96. The predicted octanol–water partition coefficient (Wildman–Crippen LogP) is 2.35. The Morgan fingerprint density at radius 2 is 1.53 bits per heavy atom. The lowest BCUT2D eigenvalue weighted by atomic mass is 10.1. The van der Waals surface area contributed by atoms with Crippen molar-refractivity contribution < 1.29 is 0 Å². The van der Waals surface area contributed by atoms with Crippen LogP contribution < -0.4 is 9.80 Å². The largest absolute Gasteiger partial charge is 0.371 e. The SMILES string of the molecule is Cc1cc(N2CCN(C)CC2)ccc1N1CCCC1. The summed E-state index contributed by atoms with van der Waals surface area (Å²) in [5.41, 5.74) is 4.27. The number of nitrogens with zero attached hydrogens (tertiary/aromatic N) is 3. The average Bonchev–Trinajstić information content (AvgIpc) is 2.93. The number of aryl methyl sites for hydroxylation is 1. The van der Waals surface area contributed by atoms with Gasteiger partial charge in [-0.25, -0.2) is 0 Å². The zero-order valence-electron chi connectivity index (χ0n) is 12.2. The molecule has 3 rings (SSSR count). The van der Waals surface area contributed by atoms with E-state index in [-0.39, 0.29) is 0 Å². The van der Waals surface area contributed by atoms with Crippen LogP contribution in [0.1, 0.15) is 18.4 Å². The van der Waals surface area contributed by atoms with Gasteiger partial charge in [-0.05, 0) is 50.6 Å². The summed E-state index contributed by atoms with van der Waals surface area (Å²) in [6.45, 7) is 9.37. The third kappa shape index (κ3) is 2.71. The first-order valence-corrected chi connectivity index (χ1v) is 7.53. The van der Waals surface area contributed by atoms with Gasteiger partial charge in [-0.3, -0.25) is 0 Å². The van der Waals surface area contributed by atoms with Gasteiger partial charge in [0, 0.05) is 50.6 Å². The highest BCUT2D eigenvalue weighted by molar-refractivity contribution is 5.62. The lowest BCUT2D eigenvalue weighted by Gasteiger charge is -2.34. The Kier molecular flexibility index (Phi) is 3.65. The van der Waals surface area contributed by atoms with Gasteiger partial charge in [-0.15, -0.1) is 0 Å². The number of hydrogen-bond acceptors (Lipinski definition) is 3. The molecule has 0 saturated carbocycles. The average molecular weight is 259 g/mol. The normalized spacial score (nSPS) is 21.2. The van der Waals surface area contributed by atoms with E-state index < -0.39 is 0 Å². The standard InChI is InChI=1S/C16H25N3/c1-14-13-15(18-11-9-17(2)10-12-18)5-6-16(14)19-7-3-4-8-19/h5-6,13H,3-4,7-12H2,1-2H3. The van der Waals surface area contributed by atoms with Gasteiger partial charge in [-0.1, -0.05) is 0 Å². The van der Waals surface area contributed by atoms with E-state index in [2.05, 4.69) is 46.9 Å². The summed E-state index contributed by atoms with van der Waals surface area (Å²) in [5, 5.41) is 0. The van der Waals surface area contributed by atoms with E-state index in [1.165, 1.54) is 56.0 Å². The minimum Gasteiger partial charge on any atom is -0.371 e. The molecule has 2 heterocycles. The fourth-order valence-corrected chi connectivity index (χ4v) is 3.21. The van der Waals surface area contributed by atoms with E-state index in [0.29, 0.717) is 0 Å². The molecule has 1 aromatic rings. The molecule has 0 bridgehead atoms. The van der Waals surface area contributed by atoms with Crippen molar-refractivity contribution in [3.63, 3.8) is 0 Å². The molecule has 104 valence electrons. The van der Waals surface area contributed by atoms with Gasteiger partial charge in [-0.2, -0.15) is 0 Å². The number of anilines is 2. The monoisotopic (exact) mass is 259 g/mol. The maximum atomic E-state index is 2.53. The highest BCUT2D eigenvalue weighted by Crippen LogP contribution is 2.28. The fraction of sp³-hybridized carbons (Fsp3) is 0.625. The van der Waals surface area contributed by atoms with Gasteiger partial charge in [0.05, 0.1) is 0 Å². The second kappa shape index (κ2) is 5.41. The quantitative estimate of drug-likeness (QED) is 0.807.